The van der Waals surface area contributed by atoms with Crippen LogP contribution in [0, 0.1) is 0 Å². The molecule has 0 saturated carbocycles. The number of thiol groups is 1. The molecule has 6 nitrogen and oxygen atoms in total. The SMILES string of the molecule is [N-]=[N+]=NS(=O)(=O)c1ccc(C(=O)S)cc1. The van der Waals surface area contributed by atoms with Crippen LogP contribution in [0.5, 0.6) is 0 Å². The van der Waals surface area contributed by atoms with Crippen LogP contribution in [0.4, 0.5) is 0 Å². The lowest BCUT2D eigenvalue weighted by molar-refractivity contribution is 0.109. The molecule has 0 radical (unpaired) electrons. The van der Waals surface area contributed by atoms with Gasteiger partial charge in [-0.25, -0.2) is 8.42 Å². The summed E-state index contributed by atoms with van der Waals surface area (Å²) >= 11 is 3.57. The molecule has 0 aliphatic rings. The van der Waals surface area contributed by atoms with Crippen molar-refractivity contribution >= 4 is 27.8 Å². The van der Waals surface area contributed by atoms with E-state index in [4.69, 9.17) is 5.53 Å². The fourth-order valence-electron chi connectivity index (χ4n) is 0.865. The fraction of sp³-hybridized carbons (Fsp3) is 0. The molecule has 0 aliphatic heterocycles. The first kappa shape index (κ1) is 11.6. The van der Waals surface area contributed by atoms with Crippen LogP contribution in [-0.2, 0) is 10.0 Å². The summed E-state index contributed by atoms with van der Waals surface area (Å²) in [5, 5.41) is -0.470. The summed E-state index contributed by atoms with van der Waals surface area (Å²) < 4.78 is 25.0. The Bertz CT molecular complexity index is 529. The summed E-state index contributed by atoms with van der Waals surface area (Å²) in [4.78, 5) is 12.8. The van der Waals surface area contributed by atoms with Crippen molar-refractivity contribution in [2.24, 2.45) is 4.52 Å². The number of benzene rings is 1. The van der Waals surface area contributed by atoms with Gasteiger partial charge in [-0.15, -0.1) is 12.6 Å². The molecule has 0 fully saturated rings. The quantitative estimate of drug-likeness (QED) is 0.379. The zero-order valence-corrected chi connectivity index (χ0v) is 8.94. The minimum Gasteiger partial charge on any atom is -0.282 e. The van der Waals surface area contributed by atoms with Crippen LogP contribution in [0.2, 0.25) is 0 Å². The maximum absolute atomic E-state index is 11.2. The number of carbonyl (C=O) groups excluding carboxylic acids is 1. The van der Waals surface area contributed by atoms with Gasteiger partial charge in [0.1, 0.15) is 0 Å². The molecule has 15 heavy (non-hydrogen) atoms. The van der Waals surface area contributed by atoms with Crippen molar-refractivity contribution < 1.29 is 13.2 Å². The van der Waals surface area contributed by atoms with E-state index in [1.54, 1.807) is 0 Å². The van der Waals surface area contributed by atoms with Gasteiger partial charge in [0.2, 0.25) is 5.12 Å². The molecule has 0 aliphatic carbocycles. The van der Waals surface area contributed by atoms with E-state index in [2.05, 4.69) is 22.1 Å². The number of hydrogen-bond acceptors (Lipinski definition) is 3. The number of carbonyl (C=O) groups is 1. The number of nitrogens with zero attached hydrogens (tertiary/aromatic N) is 3. The third-order valence-corrected chi connectivity index (χ3v) is 2.96. The highest BCUT2D eigenvalue weighted by atomic mass is 32.2. The van der Waals surface area contributed by atoms with Crippen molar-refractivity contribution in [3.63, 3.8) is 0 Å². The van der Waals surface area contributed by atoms with Gasteiger partial charge >= 0.3 is 0 Å². The third kappa shape index (κ3) is 2.72. The minimum absolute atomic E-state index is 0.168. The molecule has 0 atom stereocenters. The molecule has 1 aromatic carbocycles. The molecule has 0 unspecified atom stereocenters. The van der Waals surface area contributed by atoms with E-state index in [0.29, 0.717) is 0 Å². The van der Waals surface area contributed by atoms with Crippen LogP contribution < -0.4 is 0 Å². The highest BCUT2D eigenvalue weighted by Crippen LogP contribution is 2.14. The largest absolute Gasteiger partial charge is 0.282 e. The van der Waals surface area contributed by atoms with Gasteiger partial charge in [0, 0.05) is 15.0 Å². The summed E-state index contributed by atoms with van der Waals surface area (Å²) in [5.74, 6) is 0. The minimum atomic E-state index is -3.98. The molecule has 0 amide bonds. The Hall–Kier alpha value is -1.50. The van der Waals surface area contributed by atoms with Crippen molar-refractivity contribution in [2.75, 3.05) is 0 Å². The summed E-state index contributed by atoms with van der Waals surface area (Å²) in [5.41, 5.74) is 8.28. The van der Waals surface area contributed by atoms with Crippen molar-refractivity contribution in [3.05, 3.63) is 40.3 Å². The smallest absolute Gasteiger partial charge is 0.264 e. The van der Waals surface area contributed by atoms with E-state index >= 15 is 0 Å². The number of azide groups is 1. The Kier molecular flexibility index (Phi) is 3.35. The Morgan fingerprint density at radius 1 is 1.33 bits per heavy atom. The molecular weight excluding hydrogens is 238 g/mol. The van der Waals surface area contributed by atoms with Gasteiger partial charge < -0.3 is 0 Å². The number of rotatable bonds is 3. The average molecular weight is 243 g/mol. The predicted octanol–water partition coefficient (Wildman–Crippen LogP) is 1.76. The van der Waals surface area contributed by atoms with Crippen LogP contribution in [-0.4, -0.2) is 13.5 Å². The topological polar surface area (TPSA) is 100.0 Å². The Morgan fingerprint density at radius 3 is 2.27 bits per heavy atom. The Balaban J connectivity index is 3.21. The molecule has 1 aromatic rings. The fourth-order valence-corrected chi connectivity index (χ4v) is 1.68. The molecule has 1 rings (SSSR count). The molecular formula is C7H5N3O3S2. The van der Waals surface area contributed by atoms with E-state index in [1.807, 2.05) is 0 Å². The van der Waals surface area contributed by atoms with E-state index in [9.17, 15) is 13.2 Å². The molecule has 78 valence electrons. The molecule has 8 heteroatoms. The molecule has 0 bridgehead atoms. The highest BCUT2D eigenvalue weighted by Gasteiger charge is 2.11. The van der Waals surface area contributed by atoms with Crippen LogP contribution >= 0.6 is 12.6 Å². The molecule has 0 N–H and O–H groups in total. The molecule has 0 saturated heterocycles. The van der Waals surface area contributed by atoms with Gasteiger partial charge in [0.05, 0.1) is 4.90 Å². The van der Waals surface area contributed by atoms with E-state index in [-0.39, 0.29) is 10.5 Å². The lowest BCUT2D eigenvalue weighted by Crippen LogP contribution is -1.96. The normalized spacial score (nSPS) is 10.5. The second-order valence-corrected chi connectivity index (χ2v) is 4.47. The summed E-state index contributed by atoms with van der Waals surface area (Å²) in [6.07, 6.45) is 0. The first-order valence-corrected chi connectivity index (χ1v) is 5.51. The van der Waals surface area contributed by atoms with Gasteiger partial charge in [0.15, 0.2) is 0 Å². The number of sulfonamides is 1. The van der Waals surface area contributed by atoms with Gasteiger partial charge in [-0.1, -0.05) is 0 Å². The lowest BCUT2D eigenvalue weighted by Gasteiger charge is -1.97. The Labute approximate surface area is 91.0 Å². The summed E-state index contributed by atoms with van der Waals surface area (Å²) in [6, 6.07) is 4.92. The van der Waals surface area contributed by atoms with Gasteiger partial charge in [0.25, 0.3) is 10.0 Å². The van der Waals surface area contributed by atoms with Crippen LogP contribution in [0.1, 0.15) is 10.4 Å². The standard InChI is InChI=1S/C7H5N3O3S2/c8-9-10-15(12,13)6-3-1-5(2-4-6)7(11)14/h1-4H,(H,11,14). The summed E-state index contributed by atoms with van der Waals surface area (Å²) in [6.45, 7) is 0. The average Bonchev–Trinajstić information content (AvgIpc) is 2.18. The Morgan fingerprint density at radius 2 is 1.87 bits per heavy atom. The summed E-state index contributed by atoms with van der Waals surface area (Å²) in [7, 11) is -3.98. The second-order valence-electron chi connectivity index (χ2n) is 2.48. The van der Waals surface area contributed by atoms with Crippen molar-refractivity contribution in [2.45, 2.75) is 4.90 Å². The lowest BCUT2D eigenvalue weighted by atomic mass is 10.2. The van der Waals surface area contributed by atoms with E-state index < -0.39 is 15.1 Å². The van der Waals surface area contributed by atoms with Gasteiger partial charge in [-0.2, -0.15) is 0 Å². The highest BCUT2D eigenvalue weighted by molar-refractivity contribution is 7.97. The van der Waals surface area contributed by atoms with Crippen molar-refractivity contribution in [3.8, 4) is 0 Å². The zero-order valence-electron chi connectivity index (χ0n) is 7.23. The van der Waals surface area contributed by atoms with Crippen LogP contribution in [0.15, 0.2) is 33.7 Å². The van der Waals surface area contributed by atoms with Crippen molar-refractivity contribution in [1.29, 1.82) is 0 Å². The maximum atomic E-state index is 11.2. The molecule has 0 spiro atoms. The maximum Gasteiger partial charge on any atom is 0.264 e. The van der Waals surface area contributed by atoms with Crippen LogP contribution in [0.25, 0.3) is 10.4 Å². The van der Waals surface area contributed by atoms with E-state index in [0.717, 1.165) is 0 Å². The zero-order chi connectivity index (χ0) is 11.5. The predicted molar refractivity (Wildman–Crippen MR) is 56.1 cm³/mol. The van der Waals surface area contributed by atoms with Gasteiger partial charge in [-0.3, -0.25) is 4.79 Å². The molecule has 0 aromatic heterocycles. The third-order valence-electron chi connectivity index (χ3n) is 1.54. The van der Waals surface area contributed by atoms with E-state index in [1.165, 1.54) is 24.3 Å². The van der Waals surface area contributed by atoms with Crippen molar-refractivity contribution in [1.82, 2.24) is 0 Å². The van der Waals surface area contributed by atoms with Crippen LogP contribution in [0.3, 0.4) is 0 Å². The monoisotopic (exact) mass is 243 g/mol. The molecule has 0 heterocycles. The first-order chi connectivity index (χ1) is 6.97. The van der Waals surface area contributed by atoms with Gasteiger partial charge in [-0.05, 0) is 29.8 Å². The second kappa shape index (κ2) is 4.35. The first-order valence-electron chi connectivity index (χ1n) is 3.62. The number of hydrogen-bond donors (Lipinski definition) is 1.